The van der Waals surface area contributed by atoms with Crippen molar-refractivity contribution in [3.8, 4) is 5.75 Å². The number of morpholine rings is 1. The first kappa shape index (κ1) is 14.3. The van der Waals surface area contributed by atoms with Crippen molar-refractivity contribution < 1.29 is 28.9 Å². The van der Waals surface area contributed by atoms with Crippen molar-refractivity contribution >= 4 is 11.9 Å². The predicted octanol–water partition coefficient (Wildman–Crippen LogP) is 0.847. The Hall–Kier alpha value is -2.15. The van der Waals surface area contributed by atoms with Gasteiger partial charge in [0.25, 0.3) is 5.91 Å². The van der Waals surface area contributed by atoms with Gasteiger partial charge in [-0.15, -0.1) is 0 Å². The smallest absolute Gasteiger partial charge is 0.305 e. The molecule has 7 heteroatoms. The number of aliphatic carboxylic acids is 1. The van der Waals surface area contributed by atoms with Crippen LogP contribution in [-0.4, -0.2) is 52.8 Å². The molecular formula is C13H14FNO5. The Labute approximate surface area is 114 Å². The third-order valence-corrected chi connectivity index (χ3v) is 3.09. The van der Waals surface area contributed by atoms with E-state index in [0.29, 0.717) is 6.61 Å². The van der Waals surface area contributed by atoms with Crippen LogP contribution in [0.25, 0.3) is 0 Å². The Bertz CT molecular complexity index is 533. The minimum absolute atomic E-state index is 0.0521. The van der Waals surface area contributed by atoms with Gasteiger partial charge >= 0.3 is 5.97 Å². The minimum Gasteiger partial charge on any atom is -0.507 e. The number of carbonyl (C=O) groups is 2. The number of aromatic hydroxyl groups is 1. The quantitative estimate of drug-likeness (QED) is 0.858. The molecule has 0 radical (unpaired) electrons. The number of hydrogen-bond acceptors (Lipinski definition) is 4. The van der Waals surface area contributed by atoms with Crippen molar-refractivity contribution in [3.63, 3.8) is 0 Å². The number of phenols is 1. The van der Waals surface area contributed by atoms with Gasteiger partial charge in [-0.2, -0.15) is 0 Å². The maximum atomic E-state index is 12.9. The van der Waals surface area contributed by atoms with Crippen LogP contribution in [0.4, 0.5) is 4.39 Å². The molecule has 1 aromatic rings. The van der Waals surface area contributed by atoms with E-state index in [9.17, 15) is 19.1 Å². The van der Waals surface area contributed by atoms with Gasteiger partial charge in [-0.25, -0.2) is 4.39 Å². The number of phenolic OH excluding ortho intramolecular Hbond substituents is 1. The van der Waals surface area contributed by atoms with Gasteiger partial charge in [-0.3, -0.25) is 9.59 Å². The lowest BCUT2D eigenvalue weighted by molar-refractivity contribution is -0.139. The number of ether oxygens (including phenoxy) is 1. The highest BCUT2D eigenvalue weighted by molar-refractivity contribution is 5.97. The van der Waals surface area contributed by atoms with E-state index in [1.807, 2.05) is 0 Å². The van der Waals surface area contributed by atoms with Crippen LogP contribution in [-0.2, 0) is 9.53 Å². The monoisotopic (exact) mass is 283 g/mol. The van der Waals surface area contributed by atoms with Crippen LogP contribution >= 0.6 is 0 Å². The molecule has 1 fully saturated rings. The molecule has 1 saturated heterocycles. The van der Waals surface area contributed by atoms with E-state index in [4.69, 9.17) is 9.84 Å². The molecule has 1 amide bonds. The fourth-order valence-electron chi connectivity index (χ4n) is 2.13. The number of carbonyl (C=O) groups excluding carboxylic acids is 1. The minimum atomic E-state index is -1.04. The Morgan fingerprint density at radius 1 is 1.45 bits per heavy atom. The Morgan fingerprint density at radius 2 is 2.20 bits per heavy atom. The lowest BCUT2D eigenvalue weighted by atomic mass is 10.1. The molecule has 0 aliphatic carbocycles. The number of benzene rings is 1. The van der Waals surface area contributed by atoms with Gasteiger partial charge < -0.3 is 19.8 Å². The van der Waals surface area contributed by atoms with Gasteiger partial charge in [0.15, 0.2) is 0 Å². The Kier molecular flexibility index (Phi) is 4.19. The van der Waals surface area contributed by atoms with E-state index in [2.05, 4.69) is 0 Å². The molecule has 2 N–H and O–H groups in total. The molecule has 1 aliphatic rings. The largest absolute Gasteiger partial charge is 0.507 e. The predicted molar refractivity (Wildman–Crippen MR) is 66.0 cm³/mol. The number of carboxylic acid groups (broad SMARTS) is 1. The third kappa shape index (κ3) is 3.05. The number of carboxylic acids is 1. The molecule has 108 valence electrons. The zero-order valence-corrected chi connectivity index (χ0v) is 10.6. The summed E-state index contributed by atoms with van der Waals surface area (Å²) in [6, 6.07) is 2.50. The average Bonchev–Trinajstić information content (AvgIpc) is 2.38. The first-order valence-electron chi connectivity index (χ1n) is 6.08. The highest BCUT2D eigenvalue weighted by Gasteiger charge is 2.30. The van der Waals surface area contributed by atoms with E-state index >= 15 is 0 Å². The Morgan fingerprint density at radius 3 is 2.85 bits per heavy atom. The van der Waals surface area contributed by atoms with Crippen LogP contribution in [0.3, 0.4) is 0 Å². The molecule has 0 aromatic heterocycles. The number of hydrogen-bond donors (Lipinski definition) is 2. The van der Waals surface area contributed by atoms with E-state index in [-0.39, 0.29) is 25.1 Å². The fraction of sp³-hybridized carbons (Fsp3) is 0.385. The average molecular weight is 283 g/mol. The molecule has 0 bridgehead atoms. The van der Waals surface area contributed by atoms with Crippen LogP contribution < -0.4 is 0 Å². The lowest BCUT2D eigenvalue weighted by Crippen LogP contribution is -2.49. The van der Waals surface area contributed by atoms with Crippen molar-refractivity contribution in [3.05, 3.63) is 29.6 Å². The van der Waals surface area contributed by atoms with Crippen LogP contribution in [0.1, 0.15) is 16.8 Å². The number of amides is 1. The third-order valence-electron chi connectivity index (χ3n) is 3.09. The number of nitrogens with zero attached hydrogens (tertiary/aromatic N) is 1. The summed E-state index contributed by atoms with van der Waals surface area (Å²) >= 11 is 0. The number of halogens is 1. The summed E-state index contributed by atoms with van der Waals surface area (Å²) in [5.41, 5.74) is -0.0521. The standard InChI is InChI=1S/C13H14FNO5/c14-8-1-2-10(11(16)5-8)13(19)15-3-4-20-7-9(15)6-12(17)18/h1-2,5,9,16H,3-4,6-7H2,(H,17,18). The topological polar surface area (TPSA) is 87.1 Å². The second-order valence-electron chi connectivity index (χ2n) is 4.49. The second-order valence-corrected chi connectivity index (χ2v) is 4.49. The first-order chi connectivity index (χ1) is 9.49. The van der Waals surface area contributed by atoms with Crippen molar-refractivity contribution in [2.75, 3.05) is 19.8 Å². The van der Waals surface area contributed by atoms with Crippen LogP contribution in [0.2, 0.25) is 0 Å². The van der Waals surface area contributed by atoms with Gasteiger partial charge in [0, 0.05) is 12.6 Å². The first-order valence-corrected chi connectivity index (χ1v) is 6.08. The molecule has 0 spiro atoms. The highest BCUT2D eigenvalue weighted by Crippen LogP contribution is 2.22. The summed E-state index contributed by atoms with van der Waals surface area (Å²) in [5, 5.41) is 18.5. The number of rotatable bonds is 3. The van der Waals surface area contributed by atoms with Crippen molar-refractivity contribution in [1.82, 2.24) is 4.90 Å². The van der Waals surface area contributed by atoms with Crippen molar-refractivity contribution in [1.29, 1.82) is 0 Å². The van der Waals surface area contributed by atoms with E-state index in [1.54, 1.807) is 0 Å². The zero-order chi connectivity index (χ0) is 14.7. The molecule has 1 aromatic carbocycles. The zero-order valence-electron chi connectivity index (χ0n) is 10.6. The van der Waals surface area contributed by atoms with Crippen LogP contribution in [0.5, 0.6) is 5.75 Å². The van der Waals surface area contributed by atoms with Gasteiger partial charge in [-0.1, -0.05) is 0 Å². The van der Waals surface area contributed by atoms with Crippen LogP contribution in [0.15, 0.2) is 18.2 Å². The summed E-state index contributed by atoms with van der Waals surface area (Å²) in [5.74, 6) is -2.68. The summed E-state index contributed by atoms with van der Waals surface area (Å²) in [6.45, 7) is 0.650. The summed E-state index contributed by atoms with van der Waals surface area (Å²) < 4.78 is 18.1. The molecular weight excluding hydrogens is 269 g/mol. The van der Waals surface area contributed by atoms with Gasteiger partial charge in [0.2, 0.25) is 0 Å². The van der Waals surface area contributed by atoms with E-state index in [1.165, 1.54) is 11.0 Å². The molecule has 0 saturated carbocycles. The fourth-order valence-corrected chi connectivity index (χ4v) is 2.13. The molecule has 6 nitrogen and oxygen atoms in total. The van der Waals surface area contributed by atoms with E-state index < -0.39 is 29.5 Å². The van der Waals surface area contributed by atoms with Crippen molar-refractivity contribution in [2.24, 2.45) is 0 Å². The molecule has 20 heavy (non-hydrogen) atoms. The van der Waals surface area contributed by atoms with Gasteiger partial charge in [0.05, 0.1) is 31.2 Å². The Balaban J connectivity index is 2.22. The maximum absolute atomic E-state index is 12.9. The normalized spacial score (nSPS) is 18.9. The maximum Gasteiger partial charge on any atom is 0.305 e. The van der Waals surface area contributed by atoms with Gasteiger partial charge in [-0.05, 0) is 12.1 Å². The van der Waals surface area contributed by atoms with E-state index in [0.717, 1.165) is 12.1 Å². The summed E-state index contributed by atoms with van der Waals surface area (Å²) in [4.78, 5) is 24.4. The highest BCUT2D eigenvalue weighted by atomic mass is 19.1. The molecule has 1 unspecified atom stereocenters. The SMILES string of the molecule is O=C(O)CC1COCCN1C(=O)c1ccc(F)cc1O. The van der Waals surface area contributed by atoms with Crippen molar-refractivity contribution in [2.45, 2.75) is 12.5 Å². The van der Waals surface area contributed by atoms with Gasteiger partial charge in [0.1, 0.15) is 11.6 Å². The summed E-state index contributed by atoms with van der Waals surface area (Å²) in [6.07, 6.45) is -0.242. The lowest BCUT2D eigenvalue weighted by Gasteiger charge is -2.35. The van der Waals surface area contributed by atoms with Crippen LogP contribution in [0, 0.1) is 5.82 Å². The second kappa shape index (κ2) is 5.87. The molecule has 2 rings (SSSR count). The summed E-state index contributed by atoms with van der Waals surface area (Å²) in [7, 11) is 0. The molecule has 1 heterocycles. The molecule has 1 atom stereocenters. The molecule has 1 aliphatic heterocycles.